The molecule has 0 atom stereocenters. The Morgan fingerprint density at radius 2 is 1.53 bits per heavy atom. The molecule has 0 saturated heterocycles. The molecule has 0 saturated carbocycles. The van der Waals surface area contributed by atoms with Gasteiger partial charge in [0.2, 0.25) is 0 Å². The molecule has 13 nitrogen and oxygen atoms in total. The third kappa shape index (κ3) is 8.48. The number of benzene rings is 4. The summed E-state index contributed by atoms with van der Waals surface area (Å²) in [6.07, 6.45) is 0. The summed E-state index contributed by atoms with van der Waals surface area (Å²) in [6, 6.07) is 17.3. The molecule has 0 bridgehead atoms. The molecule has 220 valence electrons. The summed E-state index contributed by atoms with van der Waals surface area (Å²) in [7, 11) is -5.01. The molecule has 0 heterocycles. The quantitative estimate of drug-likeness (QED) is 0.0794. The van der Waals surface area contributed by atoms with E-state index in [1.807, 2.05) is 17.0 Å². The van der Waals surface area contributed by atoms with Gasteiger partial charge in [0.05, 0.1) is 36.1 Å². The standard InChI is InChI=1S/C28H30N6O7S.Na/c1-2-41-25-17-21(31-30-20-5-8-22(9-6-20)34(11-13-35)12-14-36)7-10-24(25)32-33-27-26(42(38,39)40)15-18-3-4-19(29)16-23(18)28(27)37;/h3-10,15-17,35-37H,2,11-14,29H2,1H3,(H,38,39,40);/q;+1/p-1. The molecule has 0 aliphatic heterocycles. The van der Waals surface area contributed by atoms with Crippen LogP contribution in [-0.2, 0) is 10.1 Å². The summed E-state index contributed by atoms with van der Waals surface area (Å²) >= 11 is 0. The Morgan fingerprint density at radius 3 is 2.16 bits per heavy atom. The van der Waals surface area contributed by atoms with E-state index in [1.165, 1.54) is 24.3 Å². The van der Waals surface area contributed by atoms with Crippen LogP contribution in [0.4, 0.5) is 34.1 Å². The zero-order chi connectivity index (χ0) is 30.3. The Labute approximate surface area is 270 Å². The first kappa shape index (κ1) is 33.9. The fourth-order valence-corrected chi connectivity index (χ4v) is 4.77. The first-order valence-electron chi connectivity index (χ1n) is 12.8. The molecule has 0 unspecified atom stereocenters. The molecule has 0 radical (unpaired) electrons. The van der Waals surface area contributed by atoms with Gasteiger partial charge in [-0.15, -0.1) is 10.2 Å². The second-order valence-electron chi connectivity index (χ2n) is 8.94. The summed E-state index contributed by atoms with van der Waals surface area (Å²) < 4.78 is 41.6. The van der Waals surface area contributed by atoms with Gasteiger partial charge in [-0.1, -0.05) is 6.07 Å². The molecule has 0 fully saturated rings. The second kappa shape index (κ2) is 15.2. The molecule has 4 aromatic rings. The van der Waals surface area contributed by atoms with Crippen LogP contribution in [0.5, 0.6) is 11.5 Å². The van der Waals surface area contributed by atoms with E-state index in [4.69, 9.17) is 10.5 Å². The number of phenolic OH excluding ortho intramolecular Hbond substituents is 1. The maximum Gasteiger partial charge on any atom is 1.00 e. The topological polar surface area (TPSA) is 206 Å². The number of ether oxygens (including phenoxy) is 1. The maximum atomic E-state index is 12.0. The molecule has 4 aromatic carbocycles. The van der Waals surface area contributed by atoms with Crippen molar-refractivity contribution in [2.75, 3.05) is 43.5 Å². The largest absolute Gasteiger partial charge is 1.00 e. The van der Waals surface area contributed by atoms with Crippen molar-refractivity contribution < 1.29 is 62.6 Å². The number of nitrogens with zero attached hydrogens (tertiary/aromatic N) is 5. The van der Waals surface area contributed by atoms with Crippen LogP contribution in [0.1, 0.15) is 6.92 Å². The van der Waals surface area contributed by atoms with Crippen LogP contribution in [0.15, 0.2) is 92.1 Å². The number of aromatic hydroxyl groups is 1. The third-order valence-corrected chi connectivity index (χ3v) is 6.93. The van der Waals surface area contributed by atoms with Crippen molar-refractivity contribution in [3.05, 3.63) is 66.7 Å². The van der Waals surface area contributed by atoms with Gasteiger partial charge in [0.15, 0.2) is 5.75 Å². The summed E-state index contributed by atoms with van der Waals surface area (Å²) in [5, 5.41) is 46.2. The molecule has 0 amide bonds. The van der Waals surface area contributed by atoms with Crippen LogP contribution < -0.4 is 44.9 Å². The van der Waals surface area contributed by atoms with Crippen molar-refractivity contribution in [2.24, 2.45) is 20.5 Å². The third-order valence-electron chi connectivity index (χ3n) is 6.08. The molecule has 4 rings (SSSR count). The van der Waals surface area contributed by atoms with Gasteiger partial charge in [-0.3, -0.25) is 0 Å². The number of hydrogen-bond acceptors (Lipinski definition) is 13. The van der Waals surface area contributed by atoms with Gasteiger partial charge in [0.1, 0.15) is 27.2 Å². The van der Waals surface area contributed by atoms with Crippen LogP contribution in [0.25, 0.3) is 10.8 Å². The van der Waals surface area contributed by atoms with Crippen molar-refractivity contribution in [3.8, 4) is 11.5 Å². The number of fused-ring (bicyclic) bond motifs is 1. The van der Waals surface area contributed by atoms with Crippen LogP contribution in [0.2, 0.25) is 0 Å². The minimum atomic E-state index is -5.01. The summed E-state index contributed by atoms with van der Waals surface area (Å²) in [5.74, 6) is -0.295. The molecular formula is C28H29N6NaO7S. The number of azo groups is 2. The number of phenols is 1. The first-order valence-corrected chi connectivity index (χ1v) is 14.2. The van der Waals surface area contributed by atoms with Gasteiger partial charge in [0.25, 0.3) is 0 Å². The fourth-order valence-electron chi connectivity index (χ4n) is 4.13. The minimum Gasteiger partial charge on any atom is -0.744 e. The second-order valence-corrected chi connectivity index (χ2v) is 10.3. The minimum absolute atomic E-state index is 0. The van der Waals surface area contributed by atoms with Gasteiger partial charge in [0, 0.05) is 35.9 Å². The van der Waals surface area contributed by atoms with Crippen molar-refractivity contribution >= 4 is 55.0 Å². The van der Waals surface area contributed by atoms with Crippen LogP contribution in [0.3, 0.4) is 0 Å². The van der Waals surface area contributed by atoms with Gasteiger partial charge >= 0.3 is 29.6 Å². The van der Waals surface area contributed by atoms with Crippen LogP contribution >= 0.6 is 0 Å². The van der Waals surface area contributed by atoms with Gasteiger partial charge in [-0.05, 0) is 66.9 Å². The predicted octanol–water partition coefficient (Wildman–Crippen LogP) is 2.06. The van der Waals surface area contributed by atoms with Crippen LogP contribution in [-0.4, -0.2) is 61.2 Å². The van der Waals surface area contributed by atoms with E-state index in [0.29, 0.717) is 35.5 Å². The van der Waals surface area contributed by atoms with Gasteiger partial charge < -0.3 is 35.2 Å². The number of hydrogen-bond donors (Lipinski definition) is 4. The fraction of sp³-hybridized carbons (Fsp3) is 0.214. The summed E-state index contributed by atoms with van der Waals surface area (Å²) in [6.45, 7) is 2.70. The first-order chi connectivity index (χ1) is 20.1. The van der Waals surface area contributed by atoms with E-state index >= 15 is 0 Å². The summed E-state index contributed by atoms with van der Waals surface area (Å²) in [5.41, 5.74) is 7.60. The maximum absolute atomic E-state index is 12.0. The van der Waals surface area contributed by atoms with Gasteiger partial charge in [-0.25, -0.2) is 8.42 Å². The molecular weight excluding hydrogens is 587 g/mol. The molecule has 0 spiro atoms. The predicted molar refractivity (Wildman–Crippen MR) is 157 cm³/mol. The number of nitrogen functional groups attached to an aromatic ring is 1. The van der Waals surface area contributed by atoms with E-state index in [9.17, 15) is 28.3 Å². The number of aliphatic hydroxyl groups excluding tert-OH is 2. The van der Waals surface area contributed by atoms with Crippen molar-refractivity contribution in [2.45, 2.75) is 11.8 Å². The number of nitrogens with two attached hydrogens (primary N) is 1. The van der Waals surface area contributed by atoms with Crippen LogP contribution in [0, 0.1) is 0 Å². The number of rotatable bonds is 12. The normalized spacial score (nSPS) is 11.7. The zero-order valence-corrected chi connectivity index (χ0v) is 26.4. The van der Waals surface area contributed by atoms with E-state index < -0.39 is 26.5 Å². The van der Waals surface area contributed by atoms with Crippen molar-refractivity contribution in [1.29, 1.82) is 0 Å². The Balaban J connectivity index is 0.00000506. The van der Waals surface area contributed by atoms with E-state index in [-0.39, 0.29) is 66.2 Å². The Kier molecular flexibility index (Phi) is 12.0. The number of anilines is 2. The number of aliphatic hydroxyl groups is 2. The van der Waals surface area contributed by atoms with Crippen molar-refractivity contribution in [1.82, 2.24) is 0 Å². The zero-order valence-electron chi connectivity index (χ0n) is 23.6. The summed E-state index contributed by atoms with van der Waals surface area (Å²) in [4.78, 5) is 1.11. The van der Waals surface area contributed by atoms with Crippen molar-refractivity contribution in [3.63, 3.8) is 0 Å². The van der Waals surface area contributed by atoms with Gasteiger partial charge in [-0.2, -0.15) is 10.2 Å². The molecule has 0 aliphatic rings. The average molecular weight is 617 g/mol. The van der Waals surface area contributed by atoms with E-state index in [0.717, 1.165) is 11.8 Å². The molecule has 0 aromatic heterocycles. The Hall–Kier alpha value is -3.63. The molecule has 5 N–H and O–H groups in total. The molecule has 43 heavy (non-hydrogen) atoms. The molecule has 0 aliphatic carbocycles. The monoisotopic (exact) mass is 616 g/mol. The van der Waals surface area contributed by atoms with E-state index in [1.54, 1.807) is 31.2 Å². The Bertz CT molecular complexity index is 1730. The SMILES string of the molecule is CCOc1cc(N=Nc2ccc(N(CCO)CCO)cc2)ccc1N=Nc1c(S(=O)(=O)[O-])cc2ccc(N)cc2c1O.[Na+]. The molecule has 15 heteroatoms. The average Bonchev–Trinajstić information content (AvgIpc) is 2.96. The van der Waals surface area contributed by atoms with E-state index in [2.05, 4.69) is 20.5 Å². The Morgan fingerprint density at radius 1 is 0.884 bits per heavy atom. The smallest absolute Gasteiger partial charge is 0.744 e.